The summed E-state index contributed by atoms with van der Waals surface area (Å²) in [6.45, 7) is 13.3. The van der Waals surface area contributed by atoms with Gasteiger partial charge >= 0.3 is 12.4 Å². The first-order valence-corrected chi connectivity index (χ1v) is 13.1. The Balaban J connectivity index is 1.90. The molecule has 0 saturated carbocycles. The average molecular weight is 623 g/mol. The minimum atomic E-state index is -4.90. The third kappa shape index (κ3) is 5.76. The molecule has 224 valence electrons. The van der Waals surface area contributed by atoms with Gasteiger partial charge in [0.15, 0.2) is 11.4 Å². The second-order valence-corrected chi connectivity index (χ2v) is 12.9. The number of rotatable bonds is 4. The third-order valence-electron chi connectivity index (χ3n) is 6.15. The van der Waals surface area contributed by atoms with Crippen LogP contribution in [0.5, 0.6) is 0 Å². The molecular weight excluding hydrogens is 594 g/mol. The van der Waals surface area contributed by atoms with Crippen LogP contribution in [0.4, 0.5) is 26.3 Å². The van der Waals surface area contributed by atoms with Crippen LogP contribution in [0.25, 0.3) is 11.6 Å². The Morgan fingerprint density at radius 3 is 1.17 bits per heavy atom. The molecule has 4 heterocycles. The first kappa shape index (κ1) is 31.1. The van der Waals surface area contributed by atoms with Crippen molar-refractivity contribution in [3.8, 4) is 11.6 Å². The van der Waals surface area contributed by atoms with Gasteiger partial charge in [-0.3, -0.25) is 0 Å². The molecule has 0 aliphatic carbocycles. The molecule has 4 aromatic rings. The normalized spacial score (nSPS) is 13.9. The van der Waals surface area contributed by atoms with Crippen LogP contribution >= 0.6 is 25.3 Å². The van der Waals surface area contributed by atoms with E-state index >= 15 is 0 Å². The van der Waals surface area contributed by atoms with Gasteiger partial charge in [0, 0.05) is 10.8 Å². The molecule has 0 atom stereocenters. The van der Waals surface area contributed by atoms with Crippen molar-refractivity contribution in [2.24, 2.45) is 0 Å². The lowest BCUT2D eigenvalue weighted by Crippen LogP contribution is -2.21. The van der Waals surface area contributed by atoms with E-state index in [2.05, 4.69) is 45.4 Å². The fraction of sp³-hybridized carbons (Fsp3) is 0.520. The summed E-state index contributed by atoms with van der Waals surface area (Å²) in [4.78, 5) is 8.35. The summed E-state index contributed by atoms with van der Waals surface area (Å²) >= 11 is 8.31. The molecule has 0 spiro atoms. The number of aromatic nitrogens is 6. The maximum atomic E-state index is 14.2. The van der Waals surface area contributed by atoms with E-state index in [1.54, 1.807) is 41.5 Å². The van der Waals surface area contributed by atoms with Crippen molar-refractivity contribution in [1.82, 2.24) is 29.5 Å². The van der Waals surface area contributed by atoms with Crippen LogP contribution in [0.2, 0.25) is 0 Å². The predicted molar refractivity (Wildman–Crippen MR) is 141 cm³/mol. The maximum absolute atomic E-state index is 14.2. The lowest BCUT2D eigenvalue weighted by Gasteiger charge is -2.19. The second-order valence-electron chi connectivity index (χ2n) is 12.1. The molecule has 41 heavy (non-hydrogen) atoms. The third-order valence-corrected chi connectivity index (χ3v) is 6.73. The van der Waals surface area contributed by atoms with Crippen LogP contribution in [0, 0.1) is 0 Å². The van der Waals surface area contributed by atoms with Gasteiger partial charge in [0.2, 0.25) is 33.6 Å². The molecule has 0 aliphatic heterocycles. The van der Waals surface area contributed by atoms with Crippen molar-refractivity contribution in [3.05, 3.63) is 46.7 Å². The number of hydrogen-bond donors (Lipinski definition) is 2. The Morgan fingerprint density at radius 2 is 0.927 bits per heavy atom. The molecule has 0 saturated heterocycles. The van der Waals surface area contributed by atoms with Gasteiger partial charge in [-0.25, -0.2) is 9.36 Å². The molecule has 0 amide bonds. The van der Waals surface area contributed by atoms with Crippen molar-refractivity contribution in [1.29, 1.82) is 0 Å². The van der Waals surface area contributed by atoms with Crippen LogP contribution in [-0.2, 0) is 28.6 Å². The molecule has 0 aliphatic rings. The van der Waals surface area contributed by atoms with Crippen molar-refractivity contribution in [3.63, 3.8) is 0 Å². The maximum Gasteiger partial charge on any atom is 0.433 e. The van der Waals surface area contributed by atoms with Gasteiger partial charge in [-0.15, -0.1) is 25.3 Å². The minimum absolute atomic E-state index is 0.125. The Kier molecular flexibility index (Phi) is 7.25. The van der Waals surface area contributed by atoms with Gasteiger partial charge in [-0.1, -0.05) is 41.5 Å². The molecule has 0 N–H and O–H groups in total. The zero-order chi connectivity index (χ0) is 31.1. The van der Waals surface area contributed by atoms with E-state index in [4.69, 9.17) is 8.83 Å². The van der Waals surface area contributed by atoms with Crippen molar-refractivity contribution in [2.75, 3.05) is 0 Å². The van der Waals surface area contributed by atoms with E-state index in [-0.39, 0.29) is 45.0 Å². The Hall–Kier alpha value is -2.88. The molecular formula is C25H28F6N6O2S2. The van der Waals surface area contributed by atoms with Crippen LogP contribution in [0.3, 0.4) is 0 Å². The Labute approximate surface area is 242 Å². The zero-order valence-corrected chi connectivity index (χ0v) is 25.1. The van der Waals surface area contributed by atoms with Crippen LogP contribution < -0.4 is 0 Å². The highest BCUT2D eigenvalue weighted by atomic mass is 32.1. The van der Waals surface area contributed by atoms with Gasteiger partial charge in [0.05, 0.1) is 16.8 Å². The first-order valence-electron chi connectivity index (χ1n) is 12.2. The quantitative estimate of drug-likeness (QED) is 0.180. The summed E-state index contributed by atoms with van der Waals surface area (Å²) in [5.74, 6) is -0.377. The number of halogens is 6. The molecule has 0 bridgehead atoms. The minimum Gasteiger partial charge on any atom is -0.432 e. The summed E-state index contributed by atoms with van der Waals surface area (Å²) in [5, 5.41) is 7.83. The zero-order valence-electron chi connectivity index (χ0n) is 23.3. The van der Waals surface area contributed by atoms with E-state index < -0.39 is 40.0 Å². The van der Waals surface area contributed by atoms with E-state index in [1.807, 2.05) is 0 Å². The van der Waals surface area contributed by atoms with E-state index in [0.717, 1.165) is 12.1 Å². The highest BCUT2D eigenvalue weighted by Crippen LogP contribution is 2.41. The van der Waals surface area contributed by atoms with Crippen LogP contribution in [0.15, 0.2) is 31.2 Å². The van der Waals surface area contributed by atoms with E-state index in [1.165, 1.54) is 13.8 Å². The molecule has 8 nitrogen and oxygen atoms in total. The van der Waals surface area contributed by atoms with Crippen molar-refractivity contribution >= 4 is 25.3 Å². The number of nitrogens with zero attached hydrogens (tertiary/aromatic N) is 6. The standard InChI is InChI=1S/C25H28F6N6O2S2/c1-21(2,3)19-32-15(17(40)38-19)36-13(24(26,27)28)9-11(34-36)23(7,8)12-10-14(25(29,30)31)37(35-12)16-18(41)39-20(33-16)22(4,5)6/h9-10,40-41H,1-8H3. The number of thiol groups is 2. The van der Waals surface area contributed by atoms with Gasteiger partial charge in [0.1, 0.15) is 0 Å². The largest absolute Gasteiger partial charge is 0.433 e. The molecule has 0 aromatic carbocycles. The van der Waals surface area contributed by atoms with E-state index in [0.29, 0.717) is 9.36 Å². The molecule has 0 fully saturated rings. The number of hydrogen-bond acceptors (Lipinski definition) is 8. The van der Waals surface area contributed by atoms with Gasteiger partial charge in [-0.05, 0) is 26.0 Å². The molecule has 4 rings (SSSR count). The number of oxazole rings is 2. The van der Waals surface area contributed by atoms with Crippen molar-refractivity contribution in [2.45, 2.75) is 94.2 Å². The van der Waals surface area contributed by atoms with Crippen LogP contribution in [-0.4, -0.2) is 29.5 Å². The first-order chi connectivity index (χ1) is 18.4. The Bertz CT molecular complexity index is 1480. The smallest absolute Gasteiger partial charge is 0.432 e. The highest BCUT2D eigenvalue weighted by Gasteiger charge is 2.44. The summed E-state index contributed by atoms with van der Waals surface area (Å²) in [5.41, 5.74) is -5.74. The highest BCUT2D eigenvalue weighted by molar-refractivity contribution is 7.80. The van der Waals surface area contributed by atoms with Gasteiger partial charge in [-0.2, -0.15) is 46.5 Å². The predicted octanol–water partition coefficient (Wildman–Crippen LogP) is 7.57. The van der Waals surface area contributed by atoms with Gasteiger partial charge in [0.25, 0.3) is 0 Å². The monoisotopic (exact) mass is 622 g/mol. The fourth-order valence-electron chi connectivity index (χ4n) is 3.76. The molecule has 16 heteroatoms. The lowest BCUT2D eigenvalue weighted by molar-refractivity contribution is -0.143. The van der Waals surface area contributed by atoms with E-state index in [9.17, 15) is 26.3 Å². The summed E-state index contributed by atoms with van der Waals surface area (Å²) in [6, 6.07) is 1.48. The Morgan fingerprint density at radius 1 is 0.610 bits per heavy atom. The number of alkyl halides is 6. The topological polar surface area (TPSA) is 87.7 Å². The molecule has 4 aromatic heterocycles. The summed E-state index contributed by atoms with van der Waals surface area (Å²) in [7, 11) is 0. The van der Waals surface area contributed by atoms with Crippen molar-refractivity contribution < 1.29 is 35.2 Å². The summed E-state index contributed by atoms with van der Waals surface area (Å²) in [6.07, 6.45) is -9.80. The lowest BCUT2D eigenvalue weighted by atomic mass is 9.85. The fourth-order valence-corrected chi connectivity index (χ4v) is 4.22. The SMILES string of the molecule is CC(C)(C)c1nc(-n2nc(C(C)(C)c3cc(C(F)(F)F)n(-c4nc(C(C)(C)C)oc4S)n3)cc2C(F)(F)F)c(S)o1. The second kappa shape index (κ2) is 9.57. The molecule has 0 unspecified atom stereocenters. The van der Waals surface area contributed by atoms with Crippen LogP contribution in [0.1, 0.15) is 89.9 Å². The van der Waals surface area contributed by atoms with Gasteiger partial charge < -0.3 is 8.83 Å². The summed E-state index contributed by atoms with van der Waals surface area (Å²) < 4.78 is 97.0. The average Bonchev–Trinajstić information content (AvgIpc) is 3.54. The molecule has 0 radical (unpaired) electrons.